The van der Waals surface area contributed by atoms with E-state index in [1.807, 2.05) is 91.0 Å². The Morgan fingerprint density at radius 1 is 0.769 bits per heavy atom. The van der Waals surface area contributed by atoms with Gasteiger partial charge in [0.25, 0.3) is 0 Å². The number of benzene rings is 3. The summed E-state index contributed by atoms with van der Waals surface area (Å²) in [6.07, 6.45) is 2.03. The van der Waals surface area contributed by atoms with E-state index in [4.69, 9.17) is 4.74 Å². The molecule has 3 aromatic carbocycles. The zero-order valence-electron chi connectivity index (χ0n) is 14.3. The lowest BCUT2D eigenvalue weighted by atomic mass is 9.73. The molecule has 0 amide bonds. The molecule has 3 aromatic rings. The van der Waals surface area contributed by atoms with Crippen LogP contribution in [0.5, 0.6) is 0 Å². The molecule has 3 heteroatoms. The normalized spacial score (nSPS) is 10.9. The molecule has 0 unspecified atom stereocenters. The van der Waals surface area contributed by atoms with Gasteiger partial charge in [0, 0.05) is 0 Å². The second-order valence-electron chi connectivity index (χ2n) is 6.06. The summed E-state index contributed by atoms with van der Waals surface area (Å²) in [5, 5.41) is 0. The maximum atomic E-state index is 12.5. The smallest absolute Gasteiger partial charge is 0.307 e. The highest BCUT2D eigenvalue weighted by Crippen LogP contribution is 2.34. The largest absolute Gasteiger partial charge is 0.461 e. The van der Waals surface area contributed by atoms with Crippen molar-refractivity contribution in [1.82, 2.24) is 0 Å². The van der Waals surface area contributed by atoms with Gasteiger partial charge < -0.3 is 4.74 Å². The third-order valence-electron chi connectivity index (χ3n) is 4.36. The number of carbonyl (C=O) groups is 1. The zero-order chi connectivity index (χ0) is 18.2. The van der Waals surface area contributed by atoms with Crippen LogP contribution in [0.25, 0.3) is 0 Å². The van der Waals surface area contributed by atoms with Crippen LogP contribution in [0, 0.1) is 0 Å². The molecule has 0 bridgehead atoms. The first-order valence-corrected chi connectivity index (χ1v) is 8.44. The Labute approximate surface area is 153 Å². The number of hydrogen-bond donors (Lipinski definition) is 0. The van der Waals surface area contributed by atoms with Gasteiger partial charge in [0.15, 0.2) is 0 Å². The molecule has 3 rings (SSSR count). The standard InChI is InChI=1S/C23H19O3/c24-18-23(20-12-6-2-7-13-20,21-14-8-3-9-15-21)16-22(25)26-17-19-10-4-1-5-11-19/h1-15H,16-17H2. The van der Waals surface area contributed by atoms with Crippen LogP contribution in [-0.2, 0) is 26.3 Å². The Kier molecular flexibility index (Phi) is 5.59. The van der Waals surface area contributed by atoms with E-state index >= 15 is 0 Å². The number of rotatable bonds is 7. The van der Waals surface area contributed by atoms with Crippen molar-refractivity contribution in [3.05, 3.63) is 108 Å². The average molecular weight is 343 g/mol. The first-order valence-electron chi connectivity index (χ1n) is 8.44. The van der Waals surface area contributed by atoms with Gasteiger partial charge in [-0.15, -0.1) is 0 Å². The molecule has 0 heterocycles. The third kappa shape index (κ3) is 3.89. The van der Waals surface area contributed by atoms with E-state index in [0.29, 0.717) is 0 Å². The molecule has 0 aliphatic carbocycles. The zero-order valence-corrected chi connectivity index (χ0v) is 14.3. The van der Waals surface area contributed by atoms with Crippen LogP contribution in [0.3, 0.4) is 0 Å². The van der Waals surface area contributed by atoms with E-state index in [2.05, 4.69) is 6.29 Å². The summed E-state index contributed by atoms with van der Waals surface area (Å²) in [7, 11) is 0. The number of ether oxygens (including phenoxy) is 1. The summed E-state index contributed by atoms with van der Waals surface area (Å²) >= 11 is 0. The van der Waals surface area contributed by atoms with Crippen LogP contribution in [0.4, 0.5) is 0 Å². The number of hydrogen-bond acceptors (Lipinski definition) is 3. The Morgan fingerprint density at radius 2 is 1.23 bits per heavy atom. The number of esters is 1. The van der Waals surface area contributed by atoms with Gasteiger partial charge in [-0.3, -0.25) is 9.59 Å². The lowest BCUT2D eigenvalue weighted by Crippen LogP contribution is -2.33. The van der Waals surface area contributed by atoms with E-state index in [-0.39, 0.29) is 13.0 Å². The summed E-state index contributed by atoms with van der Waals surface area (Å²) < 4.78 is 5.41. The van der Waals surface area contributed by atoms with Crippen molar-refractivity contribution < 1.29 is 14.3 Å². The summed E-state index contributed by atoms with van der Waals surface area (Å²) in [5.74, 6) is -0.440. The molecule has 1 radical (unpaired) electrons. The van der Waals surface area contributed by atoms with Crippen molar-refractivity contribution >= 4 is 12.3 Å². The topological polar surface area (TPSA) is 43.4 Å². The second kappa shape index (κ2) is 8.26. The quantitative estimate of drug-likeness (QED) is 0.603. The van der Waals surface area contributed by atoms with Gasteiger partial charge in [-0.25, -0.2) is 0 Å². The van der Waals surface area contributed by atoms with Crippen LogP contribution in [0.15, 0.2) is 91.0 Å². The molecule has 0 N–H and O–H groups in total. The molecule has 0 fully saturated rings. The molecular formula is C23H19O3. The average Bonchev–Trinajstić information content (AvgIpc) is 2.72. The van der Waals surface area contributed by atoms with Crippen molar-refractivity contribution in [1.29, 1.82) is 0 Å². The maximum Gasteiger partial charge on any atom is 0.307 e. The fourth-order valence-corrected chi connectivity index (χ4v) is 2.98. The van der Waals surface area contributed by atoms with E-state index in [0.717, 1.165) is 16.7 Å². The Bertz CT molecular complexity index is 803. The van der Waals surface area contributed by atoms with E-state index in [9.17, 15) is 9.59 Å². The fourth-order valence-electron chi connectivity index (χ4n) is 2.98. The molecule has 0 atom stereocenters. The monoisotopic (exact) mass is 343 g/mol. The van der Waals surface area contributed by atoms with Gasteiger partial charge in [-0.1, -0.05) is 91.0 Å². The minimum Gasteiger partial charge on any atom is -0.461 e. The Hall–Kier alpha value is -3.20. The molecule has 26 heavy (non-hydrogen) atoms. The molecular weight excluding hydrogens is 324 g/mol. The van der Waals surface area contributed by atoms with Crippen molar-refractivity contribution in [2.75, 3.05) is 0 Å². The van der Waals surface area contributed by atoms with Crippen molar-refractivity contribution in [2.24, 2.45) is 0 Å². The molecule has 0 aromatic heterocycles. The minimum atomic E-state index is -1.18. The third-order valence-corrected chi connectivity index (χ3v) is 4.36. The minimum absolute atomic E-state index is 0.0998. The molecule has 0 saturated heterocycles. The highest BCUT2D eigenvalue weighted by Gasteiger charge is 2.38. The van der Waals surface area contributed by atoms with Crippen LogP contribution in [0.2, 0.25) is 0 Å². The van der Waals surface area contributed by atoms with Crippen LogP contribution in [0.1, 0.15) is 23.1 Å². The van der Waals surface area contributed by atoms with Crippen LogP contribution < -0.4 is 0 Å². The maximum absolute atomic E-state index is 12.5. The van der Waals surface area contributed by atoms with Gasteiger partial charge >= 0.3 is 5.97 Å². The molecule has 3 nitrogen and oxygen atoms in total. The Morgan fingerprint density at radius 3 is 1.69 bits per heavy atom. The number of carbonyl (C=O) groups excluding carboxylic acids is 2. The second-order valence-corrected chi connectivity index (χ2v) is 6.06. The predicted octanol–water partition coefficient (Wildman–Crippen LogP) is 4.22. The lowest BCUT2D eigenvalue weighted by molar-refractivity contribution is -0.145. The van der Waals surface area contributed by atoms with Crippen molar-refractivity contribution in [2.45, 2.75) is 18.4 Å². The first-order chi connectivity index (χ1) is 12.7. The molecule has 129 valence electrons. The SMILES string of the molecule is O=[C]C(CC(=O)OCc1ccccc1)(c1ccccc1)c1ccccc1. The summed E-state index contributed by atoms with van der Waals surface area (Å²) in [6, 6.07) is 27.9. The summed E-state index contributed by atoms with van der Waals surface area (Å²) in [6.45, 7) is 0.179. The summed E-state index contributed by atoms with van der Waals surface area (Å²) in [4.78, 5) is 24.6. The van der Waals surface area contributed by atoms with E-state index < -0.39 is 11.4 Å². The first kappa shape index (κ1) is 17.6. The van der Waals surface area contributed by atoms with Crippen LogP contribution in [-0.4, -0.2) is 12.3 Å². The molecule has 0 aliphatic heterocycles. The van der Waals surface area contributed by atoms with Gasteiger partial charge in [0.05, 0.1) is 11.8 Å². The van der Waals surface area contributed by atoms with Gasteiger partial charge in [-0.05, 0) is 16.7 Å². The van der Waals surface area contributed by atoms with Gasteiger partial charge in [0.2, 0.25) is 6.29 Å². The summed E-state index contributed by atoms with van der Waals surface area (Å²) in [5.41, 5.74) is 1.16. The fraction of sp³-hybridized carbons (Fsp3) is 0.130. The predicted molar refractivity (Wildman–Crippen MR) is 100 cm³/mol. The van der Waals surface area contributed by atoms with Crippen LogP contribution >= 0.6 is 0 Å². The highest BCUT2D eigenvalue weighted by atomic mass is 16.5. The molecule has 0 spiro atoms. The van der Waals surface area contributed by atoms with Crippen molar-refractivity contribution in [3.63, 3.8) is 0 Å². The van der Waals surface area contributed by atoms with E-state index in [1.165, 1.54) is 0 Å². The van der Waals surface area contributed by atoms with E-state index in [1.54, 1.807) is 0 Å². The Balaban J connectivity index is 1.86. The van der Waals surface area contributed by atoms with Gasteiger partial charge in [0.1, 0.15) is 6.61 Å². The molecule has 0 aliphatic rings. The molecule has 0 saturated carbocycles. The highest BCUT2D eigenvalue weighted by molar-refractivity contribution is 5.84. The van der Waals surface area contributed by atoms with Gasteiger partial charge in [-0.2, -0.15) is 0 Å². The van der Waals surface area contributed by atoms with Crippen molar-refractivity contribution in [3.8, 4) is 0 Å². The lowest BCUT2D eigenvalue weighted by Gasteiger charge is -2.27.